The van der Waals surface area contributed by atoms with E-state index in [1.807, 2.05) is 54.6 Å². The zero-order chi connectivity index (χ0) is 23.1. The molecule has 1 aromatic heterocycles. The molecule has 0 unspecified atom stereocenters. The van der Waals surface area contributed by atoms with Crippen molar-refractivity contribution in [2.24, 2.45) is 0 Å². The summed E-state index contributed by atoms with van der Waals surface area (Å²) in [4.78, 5) is 16.6. The van der Waals surface area contributed by atoms with Crippen LogP contribution in [0.2, 0.25) is 0 Å². The Morgan fingerprint density at radius 3 is 2.30 bits per heavy atom. The molecule has 3 aromatic carbocycles. The van der Waals surface area contributed by atoms with Crippen LogP contribution in [0.15, 0.2) is 96.4 Å². The lowest BCUT2D eigenvalue weighted by Crippen LogP contribution is -2.25. The summed E-state index contributed by atoms with van der Waals surface area (Å²) < 4.78 is 29.6. The monoisotopic (exact) mass is 461 g/mol. The van der Waals surface area contributed by atoms with Crippen LogP contribution >= 0.6 is 0 Å². The summed E-state index contributed by atoms with van der Waals surface area (Å²) in [7, 11) is -3.75. The Labute approximate surface area is 192 Å². The summed E-state index contributed by atoms with van der Waals surface area (Å²) in [5, 5.41) is 6.91. The molecule has 0 aliphatic carbocycles. The highest BCUT2D eigenvalue weighted by atomic mass is 32.2. The van der Waals surface area contributed by atoms with Crippen LogP contribution in [-0.2, 0) is 29.7 Å². The smallest absolute Gasteiger partial charge is 0.251 e. The Kier molecular flexibility index (Phi) is 6.92. The number of nitrogens with one attached hydrogen (secondary N) is 2. The molecule has 8 nitrogen and oxygen atoms in total. The van der Waals surface area contributed by atoms with Gasteiger partial charge in [-0.05, 0) is 34.9 Å². The minimum absolute atomic E-state index is 0.0449. The van der Waals surface area contributed by atoms with Crippen molar-refractivity contribution in [2.75, 3.05) is 0 Å². The van der Waals surface area contributed by atoms with E-state index < -0.39 is 10.0 Å². The second-order valence-corrected chi connectivity index (χ2v) is 9.20. The Morgan fingerprint density at radius 1 is 0.848 bits per heavy atom. The SMILES string of the molecule is O=C(NCc1ccc(Cn2cncn2)cc1)c1cccc(S(=O)(=O)NCc2ccccc2)c1. The van der Waals surface area contributed by atoms with Crippen LogP contribution in [0.5, 0.6) is 0 Å². The third-order valence-electron chi connectivity index (χ3n) is 5.00. The Hall–Kier alpha value is -3.82. The van der Waals surface area contributed by atoms with Crippen LogP contribution in [0.3, 0.4) is 0 Å². The maximum absolute atomic E-state index is 12.7. The molecular weight excluding hydrogens is 438 g/mol. The van der Waals surface area contributed by atoms with Gasteiger partial charge in [0.25, 0.3) is 5.91 Å². The lowest BCUT2D eigenvalue weighted by molar-refractivity contribution is 0.0950. The van der Waals surface area contributed by atoms with Crippen molar-refractivity contribution in [3.05, 3.63) is 114 Å². The summed E-state index contributed by atoms with van der Waals surface area (Å²) in [6.07, 6.45) is 3.14. The summed E-state index contributed by atoms with van der Waals surface area (Å²) >= 11 is 0. The Balaban J connectivity index is 1.35. The van der Waals surface area contributed by atoms with E-state index in [-0.39, 0.29) is 22.9 Å². The minimum Gasteiger partial charge on any atom is -0.348 e. The van der Waals surface area contributed by atoms with Crippen molar-refractivity contribution in [1.82, 2.24) is 24.8 Å². The van der Waals surface area contributed by atoms with Crippen molar-refractivity contribution in [3.63, 3.8) is 0 Å². The lowest BCUT2D eigenvalue weighted by atomic mass is 10.1. The normalized spacial score (nSPS) is 11.3. The highest BCUT2D eigenvalue weighted by Gasteiger charge is 2.16. The second-order valence-electron chi connectivity index (χ2n) is 7.43. The van der Waals surface area contributed by atoms with Gasteiger partial charge in [0, 0.05) is 18.7 Å². The van der Waals surface area contributed by atoms with Gasteiger partial charge in [0.05, 0.1) is 11.4 Å². The molecule has 2 N–H and O–H groups in total. The van der Waals surface area contributed by atoms with E-state index in [2.05, 4.69) is 20.1 Å². The maximum atomic E-state index is 12.7. The average molecular weight is 462 g/mol. The van der Waals surface area contributed by atoms with Gasteiger partial charge in [0.15, 0.2) is 0 Å². The van der Waals surface area contributed by atoms with Crippen molar-refractivity contribution in [2.45, 2.75) is 24.5 Å². The second kappa shape index (κ2) is 10.2. The maximum Gasteiger partial charge on any atom is 0.251 e. The molecule has 0 aliphatic heterocycles. The fourth-order valence-corrected chi connectivity index (χ4v) is 4.27. The molecule has 0 saturated carbocycles. The summed E-state index contributed by atoms with van der Waals surface area (Å²) in [6.45, 7) is 1.12. The quantitative estimate of drug-likeness (QED) is 0.399. The molecule has 0 aliphatic rings. The van der Waals surface area contributed by atoms with Gasteiger partial charge in [-0.1, -0.05) is 60.7 Å². The van der Waals surface area contributed by atoms with Crippen LogP contribution in [0.4, 0.5) is 0 Å². The lowest BCUT2D eigenvalue weighted by Gasteiger charge is -2.10. The van der Waals surface area contributed by atoms with Crippen LogP contribution in [0.1, 0.15) is 27.0 Å². The molecule has 9 heteroatoms. The third-order valence-corrected chi connectivity index (χ3v) is 6.40. The number of amides is 1. The number of aromatic nitrogens is 3. The largest absolute Gasteiger partial charge is 0.348 e. The standard InChI is InChI=1S/C24H23N5O3S/c30-24(26-14-20-9-11-21(12-10-20)16-29-18-25-17-27-29)22-7-4-8-23(13-22)33(31,32)28-15-19-5-2-1-3-6-19/h1-13,17-18,28H,14-16H2,(H,26,30). The first kappa shape index (κ1) is 22.4. The Bertz CT molecular complexity index is 1310. The zero-order valence-electron chi connectivity index (χ0n) is 17.8. The molecule has 0 fully saturated rings. The third kappa shape index (κ3) is 6.12. The van der Waals surface area contributed by atoms with Crippen LogP contribution in [-0.4, -0.2) is 29.1 Å². The first-order valence-corrected chi connectivity index (χ1v) is 11.8. The van der Waals surface area contributed by atoms with Crippen LogP contribution in [0.25, 0.3) is 0 Å². The van der Waals surface area contributed by atoms with Crippen molar-refractivity contribution in [3.8, 4) is 0 Å². The highest BCUT2D eigenvalue weighted by molar-refractivity contribution is 7.89. The molecule has 1 heterocycles. The van der Waals surface area contributed by atoms with Gasteiger partial charge in [-0.3, -0.25) is 4.79 Å². The molecule has 33 heavy (non-hydrogen) atoms. The summed E-state index contributed by atoms with van der Waals surface area (Å²) in [6, 6.07) is 23.0. The van der Waals surface area contributed by atoms with E-state index in [0.717, 1.165) is 16.7 Å². The first-order chi connectivity index (χ1) is 16.0. The van der Waals surface area contributed by atoms with Gasteiger partial charge in [-0.15, -0.1) is 0 Å². The van der Waals surface area contributed by atoms with Gasteiger partial charge < -0.3 is 5.32 Å². The van der Waals surface area contributed by atoms with Crippen molar-refractivity contribution >= 4 is 15.9 Å². The van der Waals surface area contributed by atoms with E-state index in [4.69, 9.17) is 0 Å². The number of rotatable bonds is 9. The number of hydrogen-bond donors (Lipinski definition) is 2. The molecule has 4 rings (SSSR count). The molecule has 0 bridgehead atoms. The summed E-state index contributed by atoms with van der Waals surface area (Å²) in [5.74, 6) is -0.346. The van der Waals surface area contributed by atoms with Crippen molar-refractivity contribution in [1.29, 1.82) is 0 Å². The minimum atomic E-state index is -3.75. The molecule has 1 amide bonds. The molecule has 0 radical (unpaired) electrons. The number of carbonyl (C=O) groups excluding carboxylic acids is 1. The highest BCUT2D eigenvalue weighted by Crippen LogP contribution is 2.13. The first-order valence-electron chi connectivity index (χ1n) is 10.3. The van der Waals surface area contributed by atoms with Crippen LogP contribution in [0, 0.1) is 0 Å². The number of sulfonamides is 1. The van der Waals surface area contributed by atoms with Crippen LogP contribution < -0.4 is 10.0 Å². The predicted octanol–water partition coefficient (Wildman–Crippen LogP) is 2.73. The summed E-state index contributed by atoms with van der Waals surface area (Å²) in [5.41, 5.74) is 3.12. The van der Waals surface area contributed by atoms with E-state index in [1.54, 1.807) is 23.1 Å². The topological polar surface area (TPSA) is 106 Å². The van der Waals surface area contributed by atoms with Gasteiger partial charge >= 0.3 is 0 Å². The molecule has 0 saturated heterocycles. The fourth-order valence-electron chi connectivity index (χ4n) is 3.21. The molecule has 168 valence electrons. The van der Waals surface area contributed by atoms with Gasteiger partial charge in [-0.2, -0.15) is 5.10 Å². The zero-order valence-corrected chi connectivity index (χ0v) is 18.6. The molecule has 0 spiro atoms. The fraction of sp³-hybridized carbons (Fsp3) is 0.125. The van der Waals surface area contributed by atoms with Crippen molar-refractivity contribution < 1.29 is 13.2 Å². The van der Waals surface area contributed by atoms with Gasteiger partial charge in [0.1, 0.15) is 12.7 Å². The molecular formula is C24H23N5O3S. The molecule has 4 aromatic rings. The number of nitrogens with zero attached hydrogens (tertiary/aromatic N) is 3. The Morgan fingerprint density at radius 2 is 1.58 bits per heavy atom. The van der Waals surface area contributed by atoms with E-state index in [1.165, 1.54) is 18.5 Å². The number of hydrogen-bond acceptors (Lipinski definition) is 5. The number of carbonyl (C=O) groups is 1. The van der Waals surface area contributed by atoms with Gasteiger partial charge in [-0.25, -0.2) is 22.8 Å². The predicted molar refractivity (Wildman–Crippen MR) is 124 cm³/mol. The average Bonchev–Trinajstić information content (AvgIpc) is 3.36. The van der Waals surface area contributed by atoms with E-state index in [9.17, 15) is 13.2 Å². The number of benzene rings is 3. The molecule has 0 atom stereocenters. The van der Waals surface area contributed by atoms with E-state index >= 15 is 0 Å². The van der Waals surface area contributed by atoms with Gasteiger partial charge in [0.2, 0.25) is 10.0 Å². The van der Waals surface area contributed by atoms with E-state index in [0.29, 0.717) is 13.1 Å².